The van der Waals surface area contributed by atoms with Crippen LogP contribution in [0.2, 0.25) is 5.02 Å². The molecule has 0 aliphatic carbocycles. The fourth-order valence-electron chi connectivity index (χ4n) is 1.27. The lowest BCUT2D eigenvalue weighted by molar-refractivity contribution is 0.463. The topological polar surface area (TPSA) is 72.0 Å². The van der Waals surface area contributed by atoms with Crippen molar-refractivity contribution in [1.82, 2.24) is 4.98 Å². The molecule has 0 aliphatic heterocycles. The number of rotatable bonds is 3. The standard InChI is InChI=1S/C12H9BrClN3O/c13-8-2-3-10(9(14)5-8)18-11-4-1-7(6-17-11)12(15)16/h1-6H,(H3,15,16). The highest BCUT2D eigenvalue weighted by Crippen LogP contribution is 2.30. The number of aromatic nitrogens is 1. The van der Waals surface area contributed by atoms with Gasteiger partial charge in [-0.25, -0.2) is 4.98 Å². The first kappa shape index (κ1) is 12.9. The van der Waals surface area contributed by atoms with Crippen molar-refractivity contribution in [2.45, 2.75) is 0 Å². The van der Waals surface area contributed by atoms with Gasteiger partial charge in [0.25, 0.3) is 0 Å². The van der Waals surface area contributed by atoms with Crippen molar-refractivity contribution in [3.63, 3.8) is 0 Å². The molecule has 0 saturated carbocycles. The third kappa shape index (κ3) is 3.00. The van der Waals surface area contributed by atoms with Crippen molar-refractivity contribution in [2.75, 3.05) is 0 Å². The molecule has 1 aromatic carbocycles. The van der Waals surface area contributed by atoms with Crippen molar-refractivity contribution in [3.8, 4) is 11.6 Å². The summed E-state index contributed by atoms with van der Waals surface area (Å²) in [4.78, 5) is 4.05. The maximum atomic E-state index is 7.26. The van der Waals surface area contributed by atoms with Crippen molar-refractivity contribution < 1.29 is 4.74 Å². The summed E-state index contributed by atoms with van der Waals surface area (Å²) in [6, 6.07) is 8.60. The van der Waals surface area contributed by atoms with E-state index in [0.717, 1.165) is 4.47 Å². The normalized spacial score (nSPS) is 10.1. The van der Waals surface area contributed by atoms with Gasteiger partial charge in [-0.1, -0.05) is 27.5 Å². The number of nitrogen functional groups attached to an aromatic ring is 1. The van der Waals surface area contributed by atoms with E-state index in [0.29, 0.717) is 22.2 Å². The summed E-state index contributed by atoms with van der Waals surface area (Å²) in [7, 11) is 0. The molecule has 0 fully saturated rings. The quantitative estimate of drug-likeness (QED) is 0.669. The van der Waals surface area contributed by atoms with Gasteiger partial charge in [0, 0.05) is 22.3 Å². The number of benzene rings is 1. The molecule has 4 nitrogen and oxygen atoms in total. The molecule has 0 spiro atoms. The Balaban J connectivity index is 2.21. The highest BCUT2D eigenvalue weighted by Gasteiger charge is 2.05. The van der Waals surface area contributed by atoms with Crippen LogP contribution >= 0.6 is 27.5 Å². The van der Waals surface area contributed by atoms with Crippen LogP contribution in [-0.2, 0) is 0 Å². The zero-order valence-electron chi connectivity index (χ0n) is 9.15. The number of hydrogen-bond acceptors (Lipinski definition) is 3. The van der Waals surface area contributed by atoms with Gasteiger partial charge in [-0.05, 0) is 24.3 Å². The Labute approximate surface area is 117 Å². The molecule has 6 heteroatoms. The van der Waals surface area contributed by atoms with E-state index < -0.39 is 0 Å². The van der Waals surface area contributed by atoms with E-state index in [9.17, 15) is 0 Å². The van der Waals surface area contributed by atoms with Gasteiger partial charge in [-0.3, -0.25) is 5.41 Å². The smallest absolute Gasteiger partial charge is 0.219 e. The fraction of sp³-hybridized carbons (Fsp3) is 0. The molecule has 0 bridgehead atoms. The van der Waals surface area contributed by atoms with Crippen LogP contribution in [0.1, 0.15) is 5.56 Å². The molecule has 3 N–H and O–H groups in total. The van der Waals surface area contributed by atoms with Crippen molar-refractivity contribution in [3.05, 3.63) is 51.6 Å². The van der Waals surface area contributed by atoms with Crippen molar-refractivity contribution >= 4 is 33.4 Å². The Morgan fingerprint density at radius 3 is 2.67 bits per heavy atom. The summed E-state index contributed by atoms with van der Waals surface area (Å²) >= 11 is 9.34. The van der Waals surface area contributed by atoms with Gasteiger partial charge >= 0.3 is 0 Å². The molecule has 2 aromatic rings. The van der Waals surface area contributed by atoms with E-state index >= 15 is 0 Å². The number of nitrogens with zero attached hydrogens (tertiary/aromatic N) is 1. The van der Waals surface area contributed by atoms with Crippen LogP contribution < -0.4 is 10.5 Å². The number of halogens is 2. The summed E-state index contributed by atoms with van der Waals surface area (Å²) in [5, 5.41) is 7.74. The maximum absolute atomic E-state index is 7.26. The second-order valence-corrected chi connectivity index (χ2v) is 4.80. The van der Waals surface area contributed by atoms with Crippen LogP contribution in [0.3, 0.4) is 0 Å². The summed E-state index contributed by atoms with van der Waals surface area (Å²) in [5.41, 5.74) is 5.88. The SMILES string of the molecule is N=C(N)c1ccc(Oc2ccc(Br)cc2Cl)nc1. The average Bonchev–Trinajstić information content (AvgIpc) is 2.33. The van der Waals surface area contributed by atoms with Gasteiger partial charge in [0.15, 0.2) is 0 Å². The van der Waals surface area contributed by atoms with Crippen LogP contribution in [0.25, 0.3) is 0 Å². The van der Waals surface area contributed by atoms with Gasteiger partial charge in [0.1, 0.15) is 11.6 Å². The highest BCUT2D eigenvalue weighted by atomic mass is 79.9. The Hall–Kier alpha value is -1.59. The molecule has 0 unspecified atom stereocenters. The molecular formula is C12H9BrClN3O. The minimum absolute atomic E-state index is 0.0317. The molecule has 92 valence electrons. The van der Waals surface area contributed by atoms with Crippen LogP contribution in [-0.4, -0.2) is 10.8 Å². The van der Waals surface area contributed by atoms with Gasteiger partial charge < -0.3 is 10.5 Å². The Bertz CT molecular complexity index is 586. The summed E-state index contributed by atoms with van der Waals surface area (Å²) in [5.74, 6) is 0.878. The van der Waals surface area contributed by atoms with E-state index in [-0.39, 0.29) is 5.84 Å². The van der Waals surface area contributed by atoms with E-state index in [2.05, 4.69) is 20.9 Å². The molecule has 0 atom stereocenters. The van der Waals surface area contributed by atoms with Crippen molar-refractivity contribution in [1.29, 1.82) is 5.41 Å². The number of nitrogens with two attached hydrogens (primary N) is 1. The largest absolute Gasteiger partial charge is 0.437 e. The number of nitrogens with one attached hydrogen (secondary N) is 1. The van der Waals surface area contributed by atoms with Gasteiger partial charge in [-0.2, -0.15) is 0 Å². The molecule has 2 rings (SSSR count). The Morgan fingerprint density at radius 1 is 1.33 bits per heavy atom. The van der Waals surface area contributed by atoms with E-state index in [1.807, 2.05) is 6.07 Å². The maximum Gasteiger partial charge on any atom is 0.219 e. The van der Waals surface area contributed by atoms with Crippen LogP contribution in [0.5, 0.6) is 11.6 Å². The van der Waals surface area contributed by atoms with Gasteiger partial charge in [-0.15, -0.1) is 0 Å². The second kappa shape index (κ2) is 5.37. The number of pyridine rings is 1. The first-order chi connectivity index (χ1) is 8.56. The first-order valence-electron chi connectivity index (χ1n) is 4.99. The Kier molecular flexibility index (Phi) is 3.84. The Morgan fingerprint density at radius 2 is 2.11 bits per heavy atom. The summed E-state index contributed by atoms with van der Waals surface area (Å²) in [6.07, 6.45) is 1.48. The van der Waals surface area contributed by atoms with Gasteiger partial charge in [0.2, 0.25) is 5.88 Å². The lowest BCUT2D eigenvalue weighted by Crippen LogP contribution is -2.11. The monoisotopic (exact) mass is 325 g/mol. The molecule has 1 aromatic heterocycles. The van der Waals surface area contributed by atoms with Crippen LogP contribution in [0, 0.1) is 5.41 Å². The van der Waals surface area contributed by atoms with Crippen LogP contribution in [0.15, 0.2) is 41.0 Å². The third-order valence-electron chi connectivity index (χ3n) is 2.16. The zero-order valence-corrected chi connectivity index (χ0v) is 11.5. The number of amidine groups is 1. The second-order valence-electron chi connectivity index (χ2n) is 3.48. The average molecular weight is 327 g/mol. The van der Waals surface area contributed by atoms with Gasteiger partial charge in [0.05, 0.1) is 5.02 Å². The lowest BCUT2D eigenvalue weighted by atomic mass is 10.3. The minimum atomic E-state index is -0.0317. The highest BCUT2D eigenvalue weighted by molar-refractivity contribution is 9.10. The van der Waals surface area contributed by atoms with E-state index in [1.165, 1.54) is 6.20 Å². The summed E-state index contributed by atoms with van der Waals surface area (Å²) < 4.78 is 6.40. The van der Waals surface area contributed by atoms with Crippen LogP contribution in [0.4, 0.5) is 0 Å². The molecular weight excluding hydrogens is 318 g/mol. The lowest BCUT2D eigenvalue weighted by Gasteiger charge is -2.07. The molecule has 0 aliphatic rings. The molecule has 18 heavy (non-hydrogen) atoms. The zero-order chi connectivity index (χ0) is 13.1. The van der Waals surface area contributed by atoms with Crippen molar-refractivity contribution in [2.24, 2.45) is 5.73 Å². The molecule has 0 radical (unpaired) electrons. The predicted molar refractivity (Wildman–Crippen MR) is 74.5 cm³/mol. The number of hydrogen-bond donors (Lipinski definition) is 2. The predicted octanol–water partition coefficient (Wildman–Crippen LogP) is 3.57. The van der Waals surface area contributed by atoms with E-state index in [1.54, 1.807) is 24.3 Å². The molecule has 0 amide bonds. The molecule has 1 heterocycles. The molecule has 0 saturated heterocycles. The number of ether oxygens (including phenoxy) is 1. The first-order valence-corrected chi connectivity index (χ1v) is 6.17. The third-order valence-corrected chi connectivity index (χ3v) is 2.94. The summed E-state index contributed by atoms with van der Waals surface area (Å²) in [6.45, 7) is 0. The fourth-order valence-corrected chi connectivity index (χ4v) is 1.98. The van der Waals surface area contributed by atoms with E-state index in [4.69, 9.17) is 27.5 Å². The minimum Gasteiger partial charge on any atom is -0.437 e.